The molecule has 0 unspecified atom stereocenters. The first kappa shape index (κ1) is 14.6. The normalized spacial score (nSPS) is 10.3. The molecule has 0 bridgehead atoms. The molecule has 6 heteroatoms. The number of pyridine rings is 1. The number of carbonyl (C=O) groups excluding carboxylic acids is 1. The number of carbonyl (C=O) groups is 1. The second kappa shape index (κ2) is 6.65. The summed E-state index contributed by atoms with van der Waals surface area (Å²) >= 11 is 0. The van der Waals surface area contributed by atoms with E-state index >= 15 is 0 Å². The van der Waals surface area contributed by atoms with Gasteiger partial charge in [0.1, 0.15) is 11.5 Å². The highest BCUT2D eigenvalue weighted by Gasteiger charge is 2.13. The first-order valence-corrected chi connectivity index (χ1v) is 7.10. The molecule has 0 spiro atoms. The van der Waals surface area contributed by atoms with Crippen molar-refractivity contribution in [2.45, 2.75) is 6.54 Å². The van der Waals surface area contributed by atoms with E-state index in [-0.39, 0.29) is 17.3 Å². The Morgan fingerprint density at radius 3 is 2.52 bits per heavy atom. The molecule has 3 aromatic rings. The fraction of sp³-hybridized carbons (Fsp3) is 0.0588. The van der Waals surface area contributed by atoms with Crippen LogP contribution in [0.4, 0.5) is 5.82 Å². The molecule has 3 N–H and O–H groups in total. The number of amides is 1. The molecule has 0 fully saturated rings. The molecule has 1 aromatic carbocycles. The highest BCUT2D eigenvalue weighted by Crippen LogP contribution is 2.15. The molecule has 114 valence electrons. The zero-order chi connectivity index (χ0) is 16.1. The Morgan fingerprint density at radius 2 is 1.83 bits per heavy atom. The predicted molar refractivity (Wildman–Crippen MR) is 87.3 cm³/mol. The second-order valence-corrected chi connectivity index (χ2v) is 4.88. The van der Waals surface area contributed by atoms with Crippen LogP contribution in [0.2, 0.25) is 0 Å². The molecule has 1 amide bonds. The highest BCUT2D eigenvalue weighted by molar-refractivity contribution is 5.98. The standard InChI is InChI=1S/C17H15N5O/c18-15-13(17(23)21-10-12-6-2-1-3-7-12)11-20-16(22-15)14-8-4-5-9-19-14/h1-9,11H,10H2,(H,21,23)(H2,18,20,22). The number of nitrogens with two attached hydrogens (primary N) is 1. The molecule has 0 aliphatic heterocycles. The summed E-state index contributed by atoms with van der Waals surface area (Å²) in [5, 5.41) is 2.80. The topological polar surface area (TPSA) is 93.8 Å². The quantitative estimate of drug-likeness (QED) is 0.769. The third-order valence-electron chi connectivity index (χ3n) is 3.25. The number of hydrogen-bond donors (Lipinski definition) is 2. The molecule has 0 aliphatic carbocycles. The number of nitrogens with zero attached hydrogens (tertiary/aromatic N) is 3. The van der Waals surface area contributed by atoms with Crippen molar-refractivity contribution in [3.8, 4) is 11.5 Å². The van der Waals surface area contributed by atoms with Crippen LogP contribution < -0.4 is 11.1 Å². The maximum Gasteiger partial charge on any atom is 0.256 e. The van der Waals surface area contributed by atoms with Gasteiger partial charge in [-0.1, -0.05) is 36.4 Å². The summed E-state index contributed by atoms with van der Waals surface area (Å²) in [4.78, 5) is 24.7. The SMILES string of the molecule is Nc1nc(-c2ccccn2)ncc1C(=O)NCc1ccccc1. The molecule has 0 atom stereocenters. The van der Waals surface area contributed by atoms with Crippen LogP contribution in [0, 0.1) is 0 Å². The van der Waals surface area contributed by atoms with E-state index in [4.69, 9.17) is 5.73 Å². The largest absolute Gasteiger partial charge is 0.383 e. The Hall–Kier alpha value is -3.28. The van der Waals surface area contributed by atoms with Crippen molar-refractivity contribution in [2.75, 3.05) is 5.73 Å². The zero-order valence-corrected chi connectivity index (χ0v) is 12.3. The molecule has 0 aliphatic rings. The lowest BCUT2D eigenvalue weighted by Crippen LogP contribution is -2.24. The Kier molecular flexibility index (Phi) is 4.24. The minimum absolute atomic E-state index is 0.131. The van der Waals surface area contributed by atoms with E-state index in [1.807, 2.05) is 36.4 Å². The van der Waals surface area contributed by atoms with Crippen molar-refractivity contribution in [1.29, 1.82) is 0 Å². The summed E-state index contributed by atoms with van der Waals surface area (Å²) in [7, 11) is 0. The number of aromatic nitrogens is 3. The molecule has 2 heterocycles. The van der Waals surface area contributed by atoms with Gasteiger partial charge in [0, 0.05) is 18.9 Å². The van der Waals surface area contributed by atoms with Crippen molar-refractivity contribution in [3.05, 3.63) is 72.1 Å². The molecule has 0 saturated heterocycles. The van der Waals surface area contributed by atoms with E-state index in [0.717, 1.165) is 5.56 Å². The second-order valence-electron chi connectivity index (χ2n) is 4.88. The van der Waals surface area contributed by atoms with E-state index < -0.39 is 0 Å². The van der Waals surface area contributed by atoms with Gasteiger partial charge in [0.05, 0.1) is 5.56 Å². The monoisotopic (exact) mass is 305 g/mol. The van der Waals surface area contributed by atoms with E-state index in [0.29, 0.717) is 18.1 Å². The van der Waals surface area contributed by atoms with E-state index in [1.54, 1.807) is 18.3 Å². The number of benzene rings is 1. The Labute approximate surface area is 133 Å². The van der Waals surface area contributed by atoms with Gasteiger partial charge in [0.25, 0.3) is 5.91 Å². The summed E-state index contributed by atoms with van der Waals surface area (Å²) < 4.78 is 0. The predicted octanol–water partition coefficient (Wildman–Crippen LogP) is 2.05. The van der Waals surface area contributed by atoms with Gasteiger partial charge in [0.2, 0.25) is 0 Å². The van der Waals surface area contributed by atoms with Gasteiger partial charge in [-0.2, -0.15) is 0 Å². The Morgan fingerprint density at radius 1 is 1.04 bits per heavy atom. The first-order valence-electron chi connectivity index (χ1n) is 7.10. The van der Waals surface area contributed by atoms with Crippen LogP contribution in [0.5, 0.6) is 0 Å². The molecule has 2 aromatic heterocycles. The summed E-state index contributed by atoms with van der Waals surface area (Å²) in [6.45, 7) is 0.418. The van der Waals surface area contributed by atoms with Crippen molar-refractivity contribution in [1.82, 2.24) is 20.3 Å². The maximum atomic E-state index is 12.2. The summed E-state index contributed by atoms with van der Waals surface area (Å²) in [5.41, 5.74) is 7.75. The molecule has 23 heavy (non-hydrogen) atoms. The van der Waals surface area contributed by atoms with Crippen LogP contribution in [0.3, 0.4) is 0 Å². The van der Waals surface area contributed by atoms with Gasteiger partial charge < -0.3 is 11.1 Å². The van der Waals surface area contributed by atoms with Crippen molar-refractivity contribution in [2.24, 2.45) is 0 Å². The number of rotatable bonds is 4. The van der Waals surface area contributed by atoms with Crippen molar-refractivity contribution >= 4 is 11.7 Å². The molecule has 0 saturated carbocycles. The molecule has 3 rings (SSSR count). The minimum atomic E-state index is -0.307. The smallest absolute Gasteiger partial charge is 0.256 e. The van der Waals surface area contributed by atoms with Gasteiger partial charge in [-0.05, 0) is 17.7 Å². The highest BCUT2D eigenvalue weighted by atomic mass is 16.1. The van der Waals surface area contributed by atoms with Crippen LogP contribution in [0.15, 0.2) is 60.9 Å². The number of hydrogen-bond acceptors (Lipinski definition) is 5. The van der Waals surface area contributed by atoms with Crippen LogP contribution in [0.25, 0.3) is 11.5 Å². The molecular formula is C17H15N5O. The summed E-state index contributed by atoms with van der Waals surface area (Å²) in [5.74, 6) is 0.216. The van der Waals surface area contributed by atoms with E-state index in [9.17, 15) is 4.79 Å². The molecule has 6 nitrogen and oxygen atoms in total. The van der Waals surface area contributed by atoms with E-state index in [1.165, 1.54) is 6.20 Å². The summed E-state index contributed by atoms with van der Waals surface area (Å²) in [6, 6.07) is 15.0. The van der Waals surface area contributed by atoms with Crippen LogP contribution in [-0.2, 0) is 6.54 Å². The lowest BCUT2D eigenvalue weighted by atomic mass is 10.2. The molecular weight excluding hydrogens is 290 g/mol. The fourth-order valence-electron chi connectivity index (χ4n) is 2.06. The van der Waals surface area contributed by atoms with Gasteiger partial charge in [0.15, 0.2) is 5.82 Å². The number of nitrogens with one attached hydrogen (secondary N) is 1. The third kappa shape index (κ3) is 3.49. The Balaban J connectivity index is 1.74. The van der Waals surface area contributed by atoms with Gasteiger partial charge in [-0.25, -0.2) is 9.97 Å². The van der Waals surface area contributed by atoms with Crippen LogP contribution in [-0.4, -0.2) is 20.9 Å². The first-order chi connectivity index (χ1) is 11.2. The number of nitrogen functional groups attached to an aromatic ring is 1. The van der Waals surface area contributed by atoms with Crippen LogP contribution in [0.1, 0.15) is 15.9 Å². The lowest BCUT2D eigenvalue weighted by Gasteiger charge is -2.08. The summed E-state index contributed by atoms with van der Waals surface area (Å²) in [6.07, 6.45) is 3.07. The fourth-order valence-corrected chi connectivity index (χ4v) is 2.06. The zero-order valence-electron chi connectivity index (χ0n) is 12.3. The van der Waals surface area contributed by atoms with Gasteiger partial charge in [-0.15, -0.1) is 0 Å². The average molecular weight is 305 g/mol. The Bertz CT molecular complexity index is 806. The van der Waals surface area contributed by atoms with Gasteiger partial charge >= 0.3 is 0 Å². The van der Waals surface area contributed by atoms with E-state index in [2.05, 4.69) is 20.3 Å². The lowest BCUT2D eigenvalue weighted by molar-refractivity contribution is 0.0951. The van der Waals surface area contributed by atoms with Crippen molar-refractivity contribution in [3.63, 3.8) is 0 Å². The third-order valence-corrected chi connectivity index (χ3v) is 3.25. The minimum Gasteiger partial charge on any atom is -0.383 e. The molecule has 0 radical (unpaired) electrons. The maximum absolute atomic E-state index is 12.2. The van der Waals surface area contributed by atoms with Crippen molar-refractivity contribution < 1.29 is 4.79 Å². The van der Waals surface area contributed by atoms with Gasteiger partial charge in [-0.3, -0.25) is 9.78 Å². The average Bonchev–Trinajstić information content (AvgIpc) is 2.61. The number of anilines is 1. The van der Waals surface area contributed by atoms with Crippen LogP contribution >= 0.6 is 0 Å².